The van der Waals surface area contributed by atoms with Crippen molar-refractivity contribution in [2.75, 3.05) is 26.4 Å². The summed E-state index contributed by atoms with van der Waals surface area (Å²) < 4.78 is 32.4. The molecule has 0 aromatic carbocycles. The predicted molar refractivity (Wildman–Crippen MR) is 141 cm³/mol. The van der Waals surface area contributed by atoms with E-state index in [4.69, 9.17) is 28.4 Å². The minimum absolute atomic E-state index is 0.122. The van der Waals surface area contributed by atoms with Gasteiger partial charge in [0, 0.05) is 12.8 Å². The van der Waals surface area contributed by atoms with Crippen molar-refractivity contribution in [1.29, 1.82) is 0 Å². The van der Waals surface area contributed by atoms with Crippen molar-refractivity contribution in [3.8, 4) is 0 Å². The standard InChI is InChI=1S/C27H46O15/c1-3-5-7-8-10-19(30)40-15(12-37-18(29)9-6-4-2)13-38-26-25(36)23(34)21(32)17(42-26)14-39-27-24(35)22(33)20(31)16(11-28)41-27/h15-17,20-28,31-36H,1-14H2/q-2/t15-,16-,17-,20+,21+,22+,23+,24-,25-,26-,27+/m1/s1. The maximum absolute atomic E-state index is 12.4. The number of hydrogen-bond acceptors (Lipinski definition) is 15. The van der Waals surface area contributed by atoms with Crippen molar-refractivity contribution in [3.63, 3.8) is 0 Å². The van der Waals surface area contributed by atoms with E-state index in [-0.39, 0.29) is 19.4 Å². The van der Waals surface area contributed by atoms with Crippen LogP contribution >= 0.6 is 0 Å². The van der Waals surface area contributed by atoms with Crippen LogP contribution in [0.3, 0.4) is 0 Å². The van der Waals surface area contributed by atoms with E-state index in [9.17, 15) is 45.3 Å². The number of aliphatic hydroxyl groups is 7. The van der Waals surface area contributed by atoms with Gasteiger partial charge in [-0.2, -0.15) is 12.8 Å². The summed E-state index contributed by atoms with van der Waals surface area (Å²) in [4.78, 5) is 24.3. The third kappa shape index (κ3) is 11.2. The fraction of sp³-hybridized carbons (Fsp3) is 0.852. The van der Waals surface area contributed by atoms with Crippen molar-refractivity contribution in [2.24, 2.45) is 0 Å². The molecule has 7 N–H and O–H groups in total. The Balaban J connectivity index is 1.99. The highest BCUT2D eigenvalue weighted by atomic mass is 16.7. The Bertz CT molecular complexity index is 783. The average molecular weight is 611 g/mol. The molecule has 11 atom stereocenters. The number of carbonyl (C=O) groups is 2. The molecule has 42 heavy (non-hydrogen) atoms. The van der Waals surface area contributed by atoms with Gasteiger partial charge < -0.3 is 78.0 Å². The molecule has 0 saturated carbocycles. The molecule has 15 nitrogen and oxygen atoms in total. The zero-order valence-corrected chi connectivity index (χ0v) is 23.6. The van der Waals surface area contributed by atoms with Gasteiger partial charge in [-0.3, -0.25) is 9.59 Å². The summed E-state index contributed by atoms with van der Waals surface area (Å²) in [5.74, 6) is -1.07. The maximum atomic E-state index is 12.4. The molecule has 246 valence electrons. The summed E-state index contributed by atoms with van der Waals surface area (Å²) in [7, 11) is 0. The van der Waals surface area contributed by atoms with Gasteiger partial charge in [0.15, 0.2) is 18.7 Å². The number of unbranched alkanes of at least 4 members (excludes halogenated alkanes) is 4. The van der Waals surface area contributed by atoms with Crippen molar-refractivity contribution < 1.29 is 73.8 Å². The van der Waals surface area contributed by atoms with Crippen LogP contribution in [-0.4, -0.2) is 142 Å². The molecule has 2 fully saturated rings. The number of aliphatic hydroxyl groups excluding tert-OH is 7. The van der Waals surface area contributed by atoms with Gasteiger partial charge in [-0.1, -0.05) is 19.3 Å². The van der Waals surface area contributed by atoms with Gasteiger partial charge in [-0.15, -0.1) is 0 Å². The molecule has 2 saturated heterocycles. The topological polar surface area (TPSA) is 231 Å². The highest BCUT2D eigenvalue weighted by Crippen LogP contribution is 2.26. The molecule has 0 aromatic heterocycles. The third-order valence-corrected chi connectivity index (χ3v) is 6.88. The zero-order valence-electron chi connectivity index (χ0n) is 23.6. The molecule has 0 unspecified atom stereocenters. The van der Waals surface area contributed by atoms with E-state index in [2.05, 4.69) is 13.8 Å². The van der Waals surface area contributed by atoms with Crippen LogP contribution in [0.5, 0.6) is 0 Å². The first kappa shape index (κ1) is 36.7. The Hall–Kier alpha value is -1.50. The van der Waals surface area contributed by atoms with E-state index >= 15 is 0 Å². The van der Waals surface area contributed by atoms with Crippen LogP contribution in [-0.2, 0) is 38.0 Å². The van der Waals surface area contributed by atoms with E-state index in [0.29, 0.717) is 19.3 Å². The minimum Gasteiger partial charge on any atom is -0.462 e. The Kier molecular flexibility index (Phi) is 16.6. The predicted octanol–water partition coefficient (Wildman–Crippen LogP) is -2.13. The van der Waals surface area contributed by atoms with Crippen molar-refractivity contribution in [2.45, 2.75) is 119 Å². The lowest BCUT2D eigenvalue weighted by Crippen LogP contribution is -2.61. The Labute approximate surface area is 245 Å². The zero-order chi connectivity index (χ0) is 31.2. The molecule has 15 heteroatoms. The lowest BCUT2D eigenvalue weighted by atomic mass is 9.98. The normalized spacial score (nSPS) is 34.1. The van der Waals surface area contributed by atoms with E-state index in [1.807, 2.05) is 0 Å². The van der Waals surface area contributed by atoms with Gasteiger partial charge in [0.1, 0.15) is 55.4 Å². The van der Waals surface area contributed by atoms with Crippen LogP contribution in [0.2, 0.25) is 0 Å². The summed E-state index contributed by atoms with van der Waals surface area (Å²) in [6, 6.07) is 0. The minimum atomic E-state index is -1.76. The van der Waals surface area contributed by atoms with Crippen molar-refractivity contribution in [1.82, 2.24) is 0 Å². The van der Waals surface area contributed by atoms with Crippen LogP contribution < -0.4 is 0 Å². The fourth-order valence-corrected chi connectivity index (χ4v) is 4.30. The van der Waals surface area contributed by atoms with Crippen molar-refractivity contribution >= 4 is 11.9 Å². The van der Waals surface area contributed by atoms with E-state index in [1.165, 1.54) is 0 Å². The summed E-state index contributed by atoms with van der Waals surface area (Å²) in [5, 5.41) is 70.5. The number of ether oxygens (including phenoxy) is 6. The summed E-state index contributed by atoms with van der Waals surface area (Å²) in [5.41, 5.74) is 0. The van der Waals surface area contributed by atoms with Crippen LogP contribution in [0, 0.1) is 13.8 Å². The monoisotopic (exact) mass is 610 g/mol. The first-order valence-corrected chi connectivity index (χ1v) is 14.2. The Morgan fingerprint density at radius 2 is 1.24 bits per heavy atom. The molecule has 2 aliphatic heterocycles. The largest absolute Gasteiger partial charge is 0.462 e. The Morgan fingerprint density at radius 1 is 0.667 bits per heavy atom. The number of hydrogen-bond donors (Lipinski definition) is 7. The number of rotatable bonds is 18. The maximum Gasteiger partial charge on any atom is 0.306 e. The second kappa shape index (κ2) is 19.0. The van der Waals surface area contributed by atoms with E-state index in [1.54, 1.807) is 0 Å². The van der Waals surface area contributed by atoms with Gasteiger partial charge in [-0.25, -0.2) is 0 Å². The highest BCUT2D eigenvalue weighted by molar-refractivity contribution is 5.70. The Morgan fingerprint density at radius 3 is 1.86 bits per heavy atom. The van der Waals surface area contributed by atoms with Gasteiger partial charge >= 0.3 is 11.9 Å². The number of esters is 2. The molecule has 0 radical (unpaired) electrons. The fourth-order valence-electron chi connectivity index (χ4n) is 4.30. The third-order valence-electron chi connectivity index (χ3n) is 6.88. The molecule has 2 rings (SSSR count). The quantitative estimate of drug-likeness (QED) is 0.0499. The second-order valence-electron chi connectivity index (χ2n) is 10.3. The first-order valence-electron chi connectivity index (χ1n) is 14.2. The summed E-state index contributed by atoms with van der Waals surface area (Å²) >= 11 is 0. The van der Waals surface area contributed by atoms with Crippen LogP contribution in [0.4, 0.5) is 0 Å². The molecule has 0 aliphatic carbocycles. The lowest BCUT2D eigenvalue weighted by Gasteiger charge is -2.42. The lowest BCUT2D eigenvalue weighted by molar-refractivity contribution is -0.332. The number of carbonyl (C=O) groups excluding carboxylic acids is 2. The SMILES string of the molecule is [CH2-]CCCCCC(=O)O[C@H](COC(=O)CCC[CH2-])CO[C@@H]1O[C@H](CO[C@H]2O[C@H](CO)[C@H](O)[C@H](O)[C@H]2O)[C@H](O)[C@H](O)[C@H]1O. The highest BCUT2D eigenvalue weighted by Gasteiger charge is 2.47. The van der Waals surface area contributed by atoms with E-state index < -0.39 is 99.3 Å². The van der Waals surface area contributed by atoms with Crippen LogP contribution in [0.1, 0.15) is 51.4 Å². The molecule has 0 amide bonds. The van der Waals surface area contributed by atoms with Crippen LogP contribution in [0.15, 0.2) is 0 Å². The molecule has 2 heterocycles. The van der Waals surface area contributed by atoms with Gasteiger partial charge in [0.25, 0.3) is 0 Å². The average Bonchev–Trinajstić information content (AvgIpc) is 2.98. The molecule has 0 spiro atoms. The molecule has 0 aromatic rings. The second-order valence-corrected chi connectivity index (χ2v) is 10.3. The van der Waals surface area contributed by atoms with Gasteiger partial charge in [0.2, 0.25) is 0 Å². The molecular formula is C27H46O15-2. The van der Waals surface area contributed by atoms with Crippen molar-refractivity contribution in [3.05, 3.63) is 13.8 Å². The summed E-state index contributed by atoms with van der Waals surface area (Å²) in [6.07, 6.45) is -12.6. The van der Waals surface area contributed by atoms with Crippen LogP contribution in [0.25, 0.3) is 0 Å². The first-order chi connectivity index (χ1) is 20.0. The van der Waals surface area contributed by atoms with Gasteiger partial charge in [-0.05, 0) is 6.42 Å². The van der Waals surface area contributed by atoms with Gasteiger partial charge in [0.05, 0.1) is 19.8 Å². The molecular weight excluding hydrogens is 564 g/mol. The van der Waals surface area contributed by atoms with E-state index in [0.717, 1.165) is 19.3 Å². The molecule has 2 aliphatic rings. The molecule has 0 bridgehead atoms. The smallest absolute Gasteiger partial charge is 0.306 e. The summed E-state index contributed by atoms with van der Waals surface area (Å²) in [6.45, 7) is 5.45.